The van der Waals surface area contributed by atoms with E-state index in [0.717, 1.165) is 6.07 Å². The van der Waals surface area contributed by atoms with Crippen molar-refractivity contribution >= 4 is 51.2 Å². The summed E-state index contributed by atoms with van der Waals surface area (Å²) < 4.78 is 22.0. The van der Waals surface area contributed by atoms with E-state index < -0.39 is 64.0 Å². The van der Waals surface area contributed by atoms with Crippen LogP contribution in [0.15, 0.2) is 45.6 Å². The fraction of sp³-hybridized carbons (Fsp3) is 0.314. The Labute approximate surface area is 266 Å². The lowest BCUT2D eigenvalue weighted by molar-refractivity contribution is -0.154. The maximum absolute atomic E-state index is 14.2. The lowest BCUT2D eigenvalue weighted by Gasteiger charge is -2.42. The molecule has 1 aromatic heterocycles. The molecule has 0 bridgehead atoms. The molecule has 7 rings (SSSR count). The fourth-order valence-electron chi connectivity index (χ4n) is 6.92. The molecule has 3 aliphatic rings. The van der Waals surface area contributed by atoms with E-state index in [4.69, 9.17) is 18.6 Å². The molecular weight excluding hydrogens is 610 g/mol. The van der Waals surface area contributed by atoms with E-state index in [0.29, 0.717) is 10.9 Å². The van der Waals surface area contributed by atoms with Crippen LogP contribution in [0.4, 0.5) is 0 Å². The number of amides is 1. The van der Waals surface area contributed by atoms with E-state index in [1.807, 2.05) is 13.8 Å². The Hall–Kier alpha value is -5.52. The summed E-state index contributed by atoms with van der Waals surface area (Å²) in [5.41, 5.74) is -3.72. The van der Waals surface area contributed by atoms with Crippen LogP contribution < -0.4 is 10.2 Å². The maximum Gasteiger partial charge on any atom is 0.337 e. The van der Waals surface area contributed by atoms with Gasteiger partial charge in [-0.15, -0.1) is 0 Å². The first kappa shape index (κ1) is 30.2. The van der Waals surface area contributed by atoms with Crippen LogP contribution in [-0.2, 0) is 25.5 Å². The van der Waals surface area contributed by atoms with Crippen molar-refractivity contribution < 1.29 is 47.7 Å². The Morgan fingerprint density at radius 1 is 0.979 bits per heavy atom. The second-order valence-corrected chi connectivity index (χ2v) is 12.9. The van der Waals surface area contributed by atoms with Crippen molar-refractivity contribution in [3.8, 4) is 11.5 Å². The van der Waals surface area contributed by atoms with Crippen molar-refractivity contribution in [2.45, 2.75) is 51.8 Å². The highest BCUT2D eigenvalue weighted by atomic mass is 16.6. The van der Waals surface area contributed by atoms with E-state index in [1.54, 1.807) is 19.1 Å². The largest absolute Gasteiger partial charge is 0.504 e. The number of phenols is 1. The summed E-state index contributed by atoms with van der Waals surface area (Å²) >= 11 is 0. The Bertz CT molecular complexity index is 2210. The van der Waals surface area contributed by atoms with Crippen LogP contribution in [0.3, 0.4) is 0 Å². The van der Waals surface area contributed by atoms with Crippen LogP contribution in [-0.4, -0.2) is 64.4 Å². The molecule has 0 spiro atoms. The highest BCUT2D eigenvalue weighted by Crippen LogP contribution is 2.45. The van der Waals surface area contributed by atoms with Gasteiger partial charge >= 0.3 is 11.9 Å². The molecule has 1 N–H and O–H groups in total. The third-order valence-electron chi connectivity index (χ3n) is 9.10. The van der Waals surface area contributed by atoms with Gasteiger partial charge < -0.3 is 23.7 Å². The molecule has 2 unspecified atom stereocenters. The number of hydrogen-bond acceptors (Lipinski definition) is 11. The molecule has 4 aromatic rings. The lowest BCUT2D eigenvalue weighted by atomic mass is 9.81. The molecule has 47 heavy (non-hydrogen) atoms. The molecule has 1 amide bonds. The number of carbonyl (C=O) groups is 5. The first-order valence-corrected chi connectivity index (χ1v) is 15.0. The number of methoxy groups -OCH3 is 1. The molecule has 0 saturated carbocycles. The van der Waals surface area contributed by atoms with Gasteiger partial charge in [-0.3, -0.25) is 28.9 Å². The van der Waals surface area contributed by atoms with E-state index in [2.05, 4.69) is 0 Å². The summed E-state index contributed by atoms with van der Waals surface area (Å²) in [5, 5.41) is 10.9. The van der Waals surface area contributed by atoms with Crippen molar-refractivity contribution in [3.05, 3.63) is 80.2 Å². The molecule has 2 aliphatic heterocycles. The molecule has 12 nitrogen and oxygen atoms in total. The topological polar surface area (TPSA) is 167 Å². The minimum atomic E-state index is -1.62. The minimum Gasteiger partial charge on any atom is -0.504 e. The van der Waals surface area contributed by atoms with Gasteiger partial charge in [0.15, 0.2) is 28.5 Å². The molecule has 1 aliphatic carbocycles. The highest BCUT2D eigenvalue weighted by molar-refractivity contribution is 6.32. The highest BCUT2D eigenvalue weighted by Gasteiger charge is 2.63. The summed E-state index contributed by atoms with van der Waals surface area (Å²) in [6.45, 7) is 6.38. The van der Waals surface area contributed by atoms with Gasteiger partial charge in [-0.25, -0.2) is 4.79 Å². The number of phenolic OH excluding ortho intramolecular Hbond substituents is 1. The van der Waals surface area contributed by atoms with Gasteiger partial charge in [-0.05, 0) is 54.3 Å². The molecular formula is C35H29NO11. The van der Waals surface area contributed by atoms with E-state index in [1.165, 1.54) is 37.1 Å². The molecule has 12 heteroatoms. The van der Waals surface area contributed by atoms with Crippen molar-refractivity contribution in [3.63, 3.8) is 0 Å². The SMILES string of the molecule is COc1cc2oc3c(c(=O)c2cc1O)C(=O)c1c(ccc2cc4c(cc12)C(=O)N1C(C)(C4)OC(=O)C1(C)COC(=O)CC(C)C)C3=O. The second kappa shape index (κ2) is 9.99. The second-order valence-electron chi connectivity index (χ2n) is 12.9. The van der Waals surface area contributed by atoms with Gasteiger partial charge in [-0.2, -0.15) is 0 Å². The summed E-state index contributed by atoms with van der Waals surface area (Å²) in [5.74, 6) is -4.05. The summed E-state index contributed by atoms with van der Waals surface area (Å²) in [4.78, 5) is 82.6. The molecule has 1 saturated heterocycles. The summed E-state index contributed by atoms with van der Waals surface area (Å²) in [6, 6.07) is 8.64. The van der Waals surface area contributed by atoms with Crippen LogP contribution >= 0.6 is 0 Å². The quantitative estimate of drug-likeness (QED) is 0.276. The Morgan fingerprint density at radius 3 is 2.43 bits per heavy atom. The van der Waals surface area contributed by atoms with Crippen LogP contribution in [0.2, 0.25) is 0 Å². The smallest absolute Gasteiger partial charge is 0.337 e. The molecule has 3 heterocycles. The summed E-state index contributed by atoms with van der Waals surface area (Å²) in [6.07, 6.45) is 0.246. The number of fused-ring (bicyclic) bond motifs is 7. The van der Waals surface area contributed by atoms with E-state index >= 15 is 0 Å². The zero-order valence-corrected chi connectivity index (χ0v) is 26.1. The van der Waals surface area contributed by atoms with Crippen molar-refractivity contribution in [1.29, 1.82) is 0 Å². The van der Waals surface area contributed by atoms with Crippen LogP contribution in [0.1, 0.15) is 82.1 Å². The first-order valence-electron chi connectivity index (χ1n) is 15.0. The van der Waals surface area contributed by atoms with Gasteiger partial charge in [-0.1, -0.05) is 26.0 Å². The van der Waals surface area contributed by atoms with Crippen LogP contribution in [0, 0.1) is 5.92 Å². The van der Waals surface area contributed by atoms with Gasteiger partial charge in [0, 0.05) is 35.6 Å². The van der Waals surface area contributed by atoms with Crippen molar-refractivity contribution in [2.24, 2.45) is 5.92 Å². The number of hydrogen-bond donors (Lipinski definition) is 1. The third kappa shape index (κ3) is 4.20. The average molecular weight is 640 g/mol. The Balaban J connectivity index is 1.35. The first-order chi connectivity index (χ1) is 22.2. The lowest BCUT2D eigenvalue weighted by Crippen LogP contribution is -2.61. The summed E-state index contributed by atoms with van der Waals surface area (Å²) in [7, 11) is 1.31. The number of carbonyl (C=O) groups excluding carboxylic acids is 5. The zero-order chi connectivity index (χ0) is 33.7. The minimum absolute atomic E-state index is 0.0158. The van der Waals surface area contributed by atoms with E-state index in [9.17, 15) is 33.9 Å². The fourth-order valence-corrected chi connectivity index (χ4v) is 6.92. The average Bonchev–Trinajstić information content (AvgIpc) is 3.21. The normalized spacial score (nSPS) is 21.4. The standard InChI is InChI=1S/C35H29NO11/c1-15(2)8-25(38)45-14-34(3)33(43)47-35(4)13-17-9-16-6-7-18-26(19(16)10-20(17)32(42)36(34)35)30(41)27-28(39)21-11-22(37)24(44-5)12-23(21)46-31(27)29(18)40/h6-7,9-12,15,37H,8,13-14H2,1-5H3. The third-order valence-corrected chi connectivity index (χ3v) is 9.10. The van der Waals surface area contributed by atoms with Crippen LogP contribution in [0.5, 0.6) is 11.5 Å². The number of ketones is 2. The van der Waals surface area contributed by atoms with Gasteiger partial charge in [0.1, 0.15) is 17.8 Å². The predicted molar refractivity (Wildman–Crippen MR) is 165 cm³/mol. The molecule has 0 radical (unpaired) electrons. The Morgan fingerprint density at radius 2 is 1.72 bits per heavy atom. The molecule has 240 valence electrons. The number of benzene rings is 3. The molecule has 3 aromatic carbocycles. The van der Waals surface area contributed by atoms with Crippen molar-refractivity contribution in [2.75, 3.05) is 13.7 Å². The number of aromatic hydroxyl groups is 1. The van der Waals surface area contributed by atoms with Gasteiger partial charge in [0.05, 0.1) is 12.5 Å². The number of nitrogens with zero attached hydrogens (tertiary/aromatic N) is 1. The Kier molecular flexibility index (Phi) is 6.41. The van der Waals surface area contributed by atoms with Gasteiger partial charge in [0.2, 0.25) is 17.0 Å². The number of esters is 2. The van der Waals surface area contributed by atoms with Crippen LogP contribution in [0.25, 0.3) is 21.7 Å². The number of ether oxygens (including phenoxy) is 3. The molecule has 2 atom stereocenters. The van der Waals surface area contributed by atoms with Gasteiger partial charge in [0.25, 0.3) is 5.91 Å². The number of rotatable bonds is 5. The van der Waals surface area contributed by atoms with Crippen molar-refractivity contribution in [1.82, 2.24) is 4.90 Å². The molecule has 1 fully saturated rings. The maximum atomic E-state index is 14.2. The monoisotopic (exact) mass is 639 g/mol. The zero-order valence-electron chi connectivity index (χ0n) is 26.1. The predicted octanol–water partition coefficient (Wildman–Crippen LogP) is 4.06. The van der Waals surface area contributed by atoms with E-state index in [-0.39, 0.29) is 63.3 Å².